The Hall–Kier alpha value is -2.53. The largest absolute Gasteiger partial charge is 0.465 e. The molecule has 0 aromatic heterocycles. The van der Waals surface area contributed by atoms with Gasteiger partial charge in [-0.3, -0.25) is 19.3 Å². The number of hydrogen-bond donors (Lipinski definition) is 0. The SMILES string of the molecule is COCCN(CCOC(C)=O)CC(=O)OC(C)(C)C(=O)OCC(=O)O[C@]1(C)CC[C@@]2(C)[C@@H](CC[C@@H]3[C@@H]2CC[C@]2(C)[C@@H](C(C)=O)CC[C@@H]32)C1. The number of nitrogens with zero attached hydrogens (tertiary/aromatic N) is 1. The molecule has 4 fully saturated rings. The van der Waals surface area contributed by atoms with Crippen LogP contribution < -0.4 is 0 Å². The minimum Gasteiger partial charge on any atom is -0.465 e. The van der Waals surface area contributed by atoms with Gasteiger partial charge in [0, 0.05) is 33.0 Å². The zero-order valence-corrected chi connectivity index (χ0v) is 30.5. The van der Waals surface area contributed by atoms with Crippen LogP contribution >= 0.6 is 0 Å². The van der Waals surface area contributed by atoms with Gasteiger partial charge in [-0.25, -0.2) is 9.59 Å². The highest BCUT2D eigenvalue weighted by Gasteiger charge is 2.62. The standard InChI is InChI=1S/C37H59NO10/c1-24(39)28-11-12-29-27-10-9-26-21-35(5,15-16-36(26,6)30(27)13-14-37(28,29)7)48-32(42)23-46-33(43)34(3,4)47-31(41)22-38(17-19-44-8)18-20-45-25(2)40/h26-30H,9-23H2,1-8H3/t26-,27-,28+,29-,30-,35+,36-,37+/m0/s1. The fourth-order valence-corrected chi connectivity index (χ4v) is 10.1. The first kappa shape index (κ1) is 38.3. The molecule has 4 rings (SSSR count). The molecule has 4 saturated carbocycles. The van der Waals surface area contributed by atoms with Crippen molar-refractivity contribution in [3.63, 3.8) is 0 Å². The minimum atomic E-state index is -1.63. The van der Waals surface area contributed by atoms with Crippen molar-refractivity contribution < 1.29 is 47.7 Å². The second-order valence-electron chi connectivity index (χ2n) is 16.2. The first-order chi connectivity index (χ1) is 22.4. The topological polar surface area (TPSA) is 135 Å². The van der Waals surface area contributed by atoms with Crippen molar-refractivity contribution in [2.24, 2.45) is 40.4 Å². The predicted molar refractivity (Wildman–Crippen MR) is 176 cm³/mol. The molecule has 48 heavy (non-hydrogen) atoms. The zero-order chi connectivity index (χ0) is 35.5. The number of methoxy groups -OCH3 is 1. The van der Waals surface area contributed by atoms with E-state index >= 15 is 0 Å². The Labute approximate surface area is 286 Å². The van der Waals surface area contributed by atoms with E-state index in [-0.39, 0.29) is 36.4 Å². The second kappa shape index (κ2) is 15.2. The number of esters is 4. The number of rotatable bonds is 14. The van der Waals surface area contributed by atoms with Crippen LogP contribution in [0.2, 0.25) is 0 Å². The summed E-state index contributed by atoms with van der Waals surface area (Å²) in [4.78, 5) is 63.8. The monoisotopic (exact) mass is 677 g/mol. The highest BCUT2D eigenvalue weighted by molar-refractivity contribution is 5.85. The molecule has 272 valence electrons. The molecular weight excluding hydrogens is 618 g/mol. The molecule has 0 heterocycles. The normalized spacial score (nSPS) is 34.3. The molecule has 0 spiro atoms. The van der Waals surface area contributed by atoms with Gasteiger partial charge in [-0.2, -0.15) is 0 Å². The summed E-state index contributed by atoms with van der Waals surface area (Å²) < 4.78 is 26.8. The number of hydrogen-bond acceptors (Lipinski definition) is 11. The molecule has 8 atom stereocenters. The quantitative estimate of drug-likeness (QED) is 0.183. The van der Waals surface area contributed by atoms with Gasteiger partial charge in [0.2, 0.25) is 5.60 Å². The summed E-state index contributed by atoms with van der Waals surface area (Å²) in [5.41, 5.74) is -1.95. The zero-order valence-electron chi connectivity index (χ0n) is 30.5. The van der Waals surface area contributed by atoms with E-state index in [0.717, 1.165) is 44.9 Å². The van der Waals surface area contributed by atoms with Crippen molar-refractivity contribution in [1.29, 1.82) is 0 Å². The fraction of sp³-hybridized carbons (Fsp3) is 0.865. The van der Waals surface area contributed by atoms with Gasteiger partial charge in [0.15, 0.2) is 6.61 Å². The summed E-state index contributed by atoms with van der Waals surface area (Å²) in [6.45, 7) is 13.2. The third-order valence-corrected chi connectivity index (χ3v) is 12.6. The van der Waals surface area contributed by atoms with Crippen LogP contribution in [0.1, 0.15) is 106 Å². The lowest BCUT2D eigenvalue weighted by Gasteiger charge is -2.62. The van der Waals surface area contributed by atoms with E-state index in [9.17, 15) is 24.0 Å². The maximum absolute atomic E-state index is 13.0. The lowest BCUT2D eigenvalue weighted by Crippen LogP contribution is -2.56. The average molecular weight is 678 g/mol. The summed E-state index contributed by atoms with van der Waals surface area (Å²) in [6.07, 6.45) is 9.27. The smallest absolute Gasteiger partial charge is 0.350 e. The van der Waals surface area contributed by atoms with Crippen LogP contribution in [0.5, 0.6) is 0 Å². The van der Waals surface area contributed by atoms with Crippen molar-refractivity contribution in [2.45, 2.75) is 117 Å². The van der Waals surface area contributed by atoms with Gasteiger partial charge in [0.05, 0.1) is 13.2 Å². The molecule has 0 aromatic carbocycles. The number of fused-ring (bicyclic) bond motifs is 5. The van der Waals surface area contributed by atoms with Crippen LogP contribution in [-0.4, -0.2) is 92.3 Å². The lowest BCUT2D eigenvalue weighted by atomic mass is 9.44. The number of carbonyl (C=O) groups excluding carboxylic acids is 5. The molecule has 0 unspecified atom stereocenters. The van der Waals surface area contributed by atoms with E-state index in [4.69, 9.17) is 23.7 Å². The van der Waals surface area contributed by atoms with E-state index in [0.29, 0.717) is 42.6 Å². The number of ketones is 1. The third-order valence-electron chi connectivity index (χ3n) is 12.6. The van der Waals surface area contributed by atoms with Crippen molar-refractivity contribution in [1.82, 2.24) is 4.90 Å². The molecule has 0 aromatic rings. The van der Waals surface area contributed by atoms with Crippen LogP contribution in [0.3, 0.4) is 0 Å². The summed E-state index contributed by atoms with van der Waals surface area (Å²) in [5, 5.41) is 0. The first-order valence-corrected chi connectivity index (χ1v) is 17.9. The van der Waals surface area contributed by atoms with Gasteiger partial charge in [-0.1, -0.05) is 13.8 Å². The maximum Gasteiger partial charge on any atom is 0.350 e. The van der Waals surface area contributed by atoms with Crippen LogP contribution in [0.15, 0.2) is 0 Å². The number of ether oxygens (including phenoxy) is 5. The summed E-state index contributed by atoms with van der Waals surface area (Å²) in [6, 6.07) is 0. The second-order valence-corrected chi connectivity index (χ2v) is 16.2. The molecular formula is C37H59NO10. The highest BCUT2D eigenvalue weighted by Crippen LogP contribution is 2.68. The maximum atomic E-state index is 13.0. The van der Waals surface area contributed by atoms with Gasteiger partial charge in [0.25, 0.3) is 0 Å². The Bertz CT molecular complexity index is 1220. The minimum absolute atomic E-state index is 0.0996. The Kier molecular flexibility index (Phi) is 12.1. The molecule has 11 nitrogen and oxygen atoms in total. The van der Waals surface area contributed by atoms with Crippen molar-refractivity contribution >= 4 is 29.7 Å². The van der Waals surface area contributed by atoms with Gasteiger partial charge in [0.1, 0.15) is 18.0 Å². The van der Waals surface area contributed by atoms with Gasteiger partial charge >= 0.3 is 23.9 Å². The summed E-state index contributed by atoms with van der Waals surface area (Å²) >= 11 is 0. The summed E-state index contributed by atoms with van der Waals surface area (Å²) in [7, 11) is 1.54. The van der Waals surface area contributed by atoms with Crippen molar-refractivity contribution in [3.05, 3.63) is 0 Å². The molecule has 0 amide bonds. The third kappa shape index (κ3) is 8.42. The van der Waals surface area contributed by atoms with Crippen molar-refractivity contribution in [2.75, 3.05) is 46.6 Å². The highest BCUT2D eigenvalue weighted by atomic mass is 16.6. The molecule has 0 saturated heterocycles. The van der Waals surface area contributed by atoms with Crippen LogP contribution in [0.4, 0.5) is 0 Å². The molecule has 0 aliphatic heterocycles. The predicted octanol–water partition coefficient (Wildman–Crippen LogP) is 4.91. The molecule has 0 radical (unpaired) electrons. The van der Waals surface area contributed by atoms with Gasteiger partial charge in [-0.05, 0) is 120 Å². The first-order valence-electron chi connectivity index (χ1n) is 17.9. The van der Waals surface area contributed by atoms with E-state index in [1.54, 1.807) is 11.8 Å². The van der Waals surface area contributed by atoms with Gasteiger partial charge in [-0.15, -0.1) is 0 Å². The Balaban J connectivity index is 1.26. The van der Waals surface area contributed by atoms with Crippen LogP contribution in [0, 0.1) is 40.4 Å². The van der Waals surface area contributed by atoms with Crippen LogP contribution in [0.25, 0.3) is 0 Å². The molecule has 11 heteroatoms. The number of carbonyl (C=O) groups is 5. The van der Waals surface area contributed by atoms with E-state index in [1.807, 2.05) is 6.92 Å². The summed E-state index contributed by atoms with van der Waals surface area (Å²) in [5.74, 6) is 0.368. The average Bonchev–Trinajstić information content (AvgIpc) is 3.36. The van der Waals surface area contributed by atoms with Crippen LogP contribution in [-0.2, 0) is 47.7 Å². The van der Waals surface area contributed by atoms with Gasteiger partial charge < -0.3 is 23.7 Å². The van der Waals surface area contributed by atoms with Crippen molar-refractivity contribution in [3.8, 4) is 0 Å². The molecule has 4 aliphatic carbocycles. The lowest BCUT2D eigenvalue weighted by molar-refractivity contribution is -0.191. The Morgan fingerprint density at radius 2 is 1.48 bits per heavy atom. The fourth-order valence-electron chi connectivity index (χ4n) is 10.1. The van der Waals surface area contributed by atoms with E-state index < -0.39 is 41.7 Å². The molecule has 4 aliphatic rings. The molecule has 0 N–H and O–H groups in total. The Morgan fingerprint density at radius 3 is 2.15 bits per heavy atom. The van der Waals surface area contributed by atoms with E-state index in [1.165, 1.54) is 40.7 Å². The Morgan fingerprint density at radius 1 is 0.792 bits per heavy atom. The van der Waals surface area contributed by atoms with E-state index in [2.05, 4.69) is 13.8 Å². The number of Topliss-reactive ketones (excluding diaryl/α,β-unsaturated/α-hetero) is 1. The molecule has 0 bridgehead atoms.